The van der Waals surface area contributed by atoms with Crippen molar-refractivity contribution in [1.29, 1.82) is 0 Å². The van der Waals surface area contributed by atoms with Gasteiger partial charge < -0.3 is 9.53 Å². The molecular formula is C20H23NO3. The normalized spacial score (nSPS) is 12.5. The monoisotopic (exact) mass is 325 g/mol. The van der Waals surface area contributed by atoms with E-state index < -0.39 is 17.5 Å². The first-order chi connectivity index (χ1) is 11.2. The van der Waals surface area contributed by atoms with Crippen molar-refractivity contribution in [2.45, 2.75) is 46.1 Å². The molecule has 0 aliphatic heterocycles. The van der Waals surface area contributed by atoms with E-state index in [1.165, 1.54) is 0 Å². The number of carbonyl (C=O) groups excluding carboxylic acids is 2. The molecule has 1 heterocycles. The molecule has 2 aromatic rings. The maximum atomic E-state index is 12.3. The van der Waals surface area contributed by atoms with E-state index in [0.717, 1.165) is 22.4 Å². The Hall–Kier alpha value is -2.49. The minimum absolute atomic E-state index is 0.530. The van der Waals surface area contributed by atoms with Gasteiger partial charge in [-0.25, -0.2) is 0 Å². The smallest absolute Gasteiger partial charge is 0.321 e. The molecule has 0 spiro atoms. The summed E-state index contributed by atoms with van der Waals surface area (Å²) in [6, 6.07) is 9.45. The molecule has 0 N–H and O–H groups in total. The molecule has 4 heteroatoms. The number of nitrogens with zero attached hydrogens (tertiary/aromatic N) is 1. The molecule has 0 saturated carbocycles. The van der Waals surface area contributed by atoms with Crippen molar-refractivity contribution in [2.75, 3.05) is 0 Å². The van der Waals surface area contributed by atoms with E-state index in [1.54, 1.807) is 26.8 Å². The topological polar surface area (TPSA) is 56.3 Å². The highest BCUT2D eigenvalue weighted by Gasteiger charge is 2.26. The predicted molar refractivity (Wildman–Crippen MR) is 93.8 cm³/mol. The number of esters is 1. The van der Waals surface area contributed by atoms with Gasteiger partial charge in [-0.05, 0) is 69.0 Å². The molecule has 1 atom stereocenters. The van der Waals surface area contributed by atoms with Crippen LogP contribution in [0.4, 0.5) is 0 Å². The summed E-state index contributed by atoms with van der Waals surface area (Å²) in [6.07, 6.45) is 2.46. The van der Waals surface area contributed by atoms with E-state index in [4.69, 9.17) is 4.74 Å². The average Bonchev–Trinajstić information content (AvgIpc) is 2.49. The van der Waals surface area contributed by atoms with E-state index >= 15 is 0 Å². The van der Waals surface area contributed by atoms with E-state index in [9.17, 15) is 9.59 Å². The first-order valence-electron chi connectivity index (χ1n) is 7.93. The van der Waals surface area contributed by atoms with Gasteiger partial charge in [-0.15, -0.1) is 0 Å². The quantitative estimate of drug-likeness (QED) is 0.484. The highest BCUT2D eigenvalue weighted by molar-refractivity contribution is 5.94. The zero-order valence-electron chi connectivity index (χ0n) is 14.8. The molecule has 1 unspecified atom stereocenters. The molecule has 0 aliphatic rings. The number of hydrogen-bond acceptors (Lipinski definition) is 4. The number of aromatic nitrogens is 1. The average molecular weight is 325 g/mol. The molecule has 0 fully saturated rings. The summed E-state index contributed by atoms with van der Waals surface area (Å²) in [5.41, 5.74) is 3.95. The number of aldehydes is 1. The molecule has 126 valence electrons. The molecule has 24 heavy (non-hydrogen) atoms. The third-order valence-corrected chi connectivity index (χ3v) is 3.59. The maximum Gasteiger partial charge on any atom is 0.321 e. The van der Waals surface area contributed by atoms with Gasteiger partial charge in [0.05, 0.1) is 0 Å². The Bertz CT molecular complexity index is 760. The van der Waals surface area contributed by atoms with E-state index in [-0.39, 0.29) is 0 Å². The van der Waals surface area contributed by atoms with Crippen LogP contribution < -0.4 is 0 Å². The Morgan fingerprint density at radius 3 is 2.54 bits per heavy atom. The summed E-state index contributed by atoms with van der Waals surface area (Å²) in [4.78, 5) is 28.1. The summed E-state index contributed by atoms with van der Waals surface area (Å²) < 4.78 is 5.35. The first kappa shape index (κ1) is 17.9. The summed E-state index contributed by atoms with van der Waals surface area (Å²) in [5.74, 6) is -1.45. The Balaban J connectivity index is 2.40. The van der Waals surface area contributed by atoms with Gasteiger partial charge in [0.2, 0.25) is 0 Å². The highest BCUT2D eigenvalue weighted by atomic mass is 16.6. The van der Waals surface area contributed by atoms with Gasteiger partial charge >= 0.3 is 5.97 Å². The number of benzene rings is 1. The lowest BCUT2D eigenvalue weighted by atomic mass is 9.94. The fourth-order valence-electron chi connectivity index (χ4n) is 2.47. The Labute approximate surface area is 142 Å². The van der Waals surface area contributed by atoms with Crippen LogP contribution in [0.1, 0.15) is 43.5 Å². The van der Waals surface area contributed by atoms with E-state index in [1.807, 2.05) is 44.3 Å². The van der Waals surface area contributed by atoms with Crippen molar-refractivity contribution in [1.82, 2.24) is 4.98 Å². The van der Waals surface area contributed by atoms with Gasteiger partial charge in [0.25, 0.3) is 0 Å². The van der Waals surface area contributed by atoms with Gasteiger partial charge in [-0.1, -0.05) is 18.2 Å². The largest absolute Gasteiger partial charge is 0.459 e. The predicted octanol–water partition coefficient (Wildman–Crippen LogP) is 3.99. The van der Waals surface area contributed by atoms with Crippen molar-refractivity contribution in [3.8, 4) is 11.1 Å². The second kappa shape index (κ2) is 6.95. The van der Waals surface area contributed by atoms with E-state index in [0.29, 0.717) is 11.8 Å². The van der Waals surface area contributed by atoms with Crippen LogP contribution in [0, 0.1) is 13.8 Å². The number of ether oxygens (including phenoxy) is 1. The van der Waals surface area contributed by atoms with Crippen LogP contribution in [-0.2, 0) is 14.3 Å². The fourth-order valence-corrected chi connectivity index (χ4v) is 2.47. The molecule has 4 nitrogen and oxygen atoms in total. The Morgan fingerprint density at radius 1 is 1.21 bits per heavy atom. The lowest BCUT2D eigenvalue weighted by Gasteiger charge is -2.22. The molecule has 1 aromatic heterocycles. The third kappa shape index (κ3) is 4.28. The minimum Gasteiger partial charge on any atom is -0.459 e. The van der Waals surface area contributed by atoms with Gasteiger partial charge in [0.1, 0.15) is 17.8 Å². The number of rotatable bonds is 4. The molecule has 0 bridgehead atoms. The number of carbonyl (C=O) groups is 2. The van der Waals surface area contributed by atoms with Crippen molar-refractivity contribution < 1.29 is 14.3 Å². The SMILES string of the molecule is Cc1cc(-c2cccc(C(C=O)C(=O)OC(C)(C)C)c2)c(C)cn1. The van der Waals surface area contributed by atoms with Crippen LogP contribution in [0.3, 0.4) is 0 Å². The molecule has 1 aromatic carbocycles. The van der Waals surface area contributed by atoms with Gasteiger partial charge in [-0.3, -0.25) is 9.78 Å². The number of aryl methyl sites for hydroxylation is 2. The van der Waals surface area contributed by atoms with Crippen LogP contribution in [0.25, 0.3) is 11.1 Å². The molecule has 2 rings (SSSR count). The van der Waals surface area contributed by atoms with Crippen LogP contribution in [0.15, 0.2) is 36.5 Å². The second-order valence-electron chi connectivity index (χ2n) is 6.91. The fraction of sp³-hybridized carbons (Fsp3) is 0.350. The number of pyridine rings is 1. The Morgan fingerprint density at radius 2 is 1.92 bits per heavy atom. The first-order valence-corrected chi connectivity index (χ1v) is 7.93. The zero-order chi connectivity index (χ0) is 17.9. The maximum absolute atomic E-state index is 12.3. The summed E-state index contributed by atoms with van der Waals surface area (Å²) >= 11 is 0. The lowest BCUT2D eigenvalue weighted by Crippen LogP contribution is -2.28. The van der Waals surface area contributed by atoms with Crippen LogP contribution in [0.2, 0.25) is 0 Å². The van der Waals surface area contributed by atoms with Crippen molar-refractivity contribution in [3.63, 3.8) is 0 Å². The van der Waals surface area contributed by atoms with Crippen molar-refractivity contribution in [2.24, 2.45) is 0 Å². The summed E-state index contributed by atoms with van der Waals surface area (Å²) in [6.45, 7) is 9.27. The Kier molecular flexibility index (Phi) is 5.17. The molecule has 0 saturated heterocycles. The minimum atomic E-state index is -0.924. The van der Waals surface area contributed by atoms with Crippen molar-refractivity contribution >= 4 is 12.3 Å². The molecular weight excluding hydrogens is 302 g/mol. The summed E-state index contributed by atoms with van der Waals surface area (Å²) in [7, 11) is 0. The zero-order valence-corrected chi connectivity index (χ0v) is 14.8. The van der Waals surface area contributed by atoms with Crippen molar-refractivity contribution in [3.05, 3.63) is 53.3 Å². The van der Waals surface area contributed by atoms with Crippen LogP contribution in [0.5, 0.6) is 0 Å². The summed E-state index contributed by atoms with van der Waals surface area (Å²) in [5, 5.41) is 0. The van der Waals surface area contributed by atoms with Crippen LogP contribution in [-0.4, -0.2) is 22.8 Å². The lowest BCUT2D eigenvalue weighted by molar-refractivity contribution is -0.157. The van der Waals surface area contributed by atoms with Gasteiger partial charge in [0.15, 0.2) is 0 Å². The van der Waals surface area contributed by atoms with Gasteiger partial charge in [0, 0.05) is 11.9 Å². The molecule has 0 amide bonds. The molecule has 0 aliphatic carbocycles. The standard InChI is InChI=1S/C20H23NO3/c1-13-11-21-14(2)9-17(13)15-7-6-8-16(10-15)18(12-22)19(23)24-20(3,4)5/h6-12,18H,1-5H3. The molecule has 0 radical (unpaired) electrons. The van der Waals surface area contributed by atoms with E-state index in [2.05, 4.69) is 4.98 Å². The second-order valence-corrected chi connectivity index (χ2v) is 6.91. The van der Waals surface area contributed by atoms with Gasteiger partial charge in [-0.2, -0.15) is 0 Å². The highest BCUT2D eigenvalue weighted by Crippen LogP contribution is 2.27. The van der Waals surface area contributed by atoms with Crippen LogP contribution >= 0.6 is 0 Å². The number of hydrogen-bond donors (Lipinski definition) is 0. The third-order valence-electron chi connectivity index (χ3n) is 3.59.